The number of nitrogens with one attached hydrogen (secondary N) is 1. The highest BCUT2D eigenvalue weighted by atomic mass is 16.3. The minimum absolute atomic E-state index is 0.231. The third kappa shape index (κ3) is 2.50. The summed E-state index contributed by atoms with van der Waals surface area (Å²) in [7, 11) is 1.74. The number of aliphatic hydroxyl groups is 1. The van der Waals surface area contributed by atoms with Gasteiger partial charge < -0.3 is 20.7 Å². The third-order valence-corrected chi connectivity index (χ3v) is 1.82. The van der Waals surface area contributed by atoms with Gasteiger partial charge in [0.2, 0.25) is 0 Å². The number of anilines is 1. The first-order valence-corrected chi connectivity index (χ1v) is 4.39. The Balaban J connectivity index is 2.65. The smallest absolute Gasteiger partial charge is 0.268 e. The molecule has 0 unspecified atom stereocenters. The topological polar surface area (TPSA) is 80.3 Å². The monoisotopic (exact) mass is 197 g/mol. The molecule has 0 aliphatic carbocycles. The Morgan fingerprint density at radius 2 is 2.43 bits per heavy atom. The summed E-state index contributed by atoms with van der Waals surface area (Å²) in [5.41, 5.74) is 6.56. The molecule has 0 saturated heterocycles. The molecule has 1 heterocycles. The van der Waals surface area contributed by atoms with Gasteiger partial charge in [0, 0.05) is 19.8 Å². The average molecular weight is 197 g/mol. The summed E-state index contributed by atoms with van der Waals surface area (Å²) < 4.78 is 1.65. The second-order valence-electron chi connectivity index (χ2n) is 3.33. The van der Waals surface area contributed by atoms with Crippen molar-refractivity contribution in [3.8, 4) is 0 Å². The number of aromatic nitrogens is 1. The summed E-state index contributed by atoms with van der Waals surface area (Å²) in [5.74, 6) is -0.231. The van der Waals surface area contributed by atoms with E-state index >= 15 is 0 Å². The fraction of sp³-hybridized carbons (Fsp3) is 0.444. The van der Waals surface area contributed by atoms with E-state index in [2.05, 4.69) is 5.32 Å². The van der Waals surface area contributed by atoms with E-state index in [1.165, 1.54) is 0 Å². The van der Waals surface area contributed by atoms with E-state index in [1.807, 2.05) is 0 Å². The number of carbonyl (C=O) groups excluding carboxylic acids is 1. The van der Waals surface area contributed by atoms with E-state index in [4.69, 9.17) is 10.8 Å². The number of amides is 1. The highest BCUT2D eigenvalue weighted by Gasteiger charge is 2.10. The van der Waals surface area contributed by atoms with Crippen LogP contribution in [0, 0.1) is 0 Å². The van der Waals surface area contributed by atoms with Crippen LogP contribution in [0.5, 0.6) is 0 Å². The summed E-state index contributed by atoms with van der Waals surface area (Å²) in [5, 5.41) is 11.6. The molecule has 5 heteroatoms. The Labute approximate surface area is 82.5 Å². The fourth-order valence-corrected chi connectivity index (χ4v) is 1.15. The lowest BCUT2D eigenvalue weighted by Gasteiger charge is -2.07. The van der Waals surface area contributed by atoms with Crippen molar-refractivity contribution < 1.29 is 9.90 Å². The minimum atomic E-state index is -0.545. The quantitative estimate of drug-likeness (QED) is 0.623. The number of nitrogen functional groups attached to an aromatic ring is 1. The lowest BCUT2D eigenvalue weighted by atomic mass is 10.3. The van der Waals surface area contributed by atoms with Crippen molar-refractivity contribution >= 4 is 11.6 Å². The number of aryl methyl sites for hydroxylation is 1. The lowest BCUT2D eigenvalue weighted by molar-refractivity contribution is 0.0916. The Kier molecular flexibility index (Phi) is 3.14. The van der Waals surface area contributed by atoms with Gasteiger partial charge in [0.05, 0.1) is 11.8 Å². The van der Waals surface area contributed by atoms with Gasteiger partial charge in [-0.05, 0) is 13.0 Å². The maximum absolute atomic E-state index is 11.5. The van der Waals surface area contributed by atoms with Crippen molar-refractivity contribution in [3.63, 3.8) is 0 Å². The molecule has 78 valence electrons. The van der Waals surface area contributed by atoms with Crippen LogP contribution in [0.3, 0.4) is 0 Å². The molecular weight excluding hydrogens is 182 g/mol. The number of hydrogen-bond donors (Lipinski definition) is 3. The Morgan fingerprint density at radius 3 is 2.86 bits per heavy atom. The lowest BCUT2D eigenvalue weighted by Crippen LogP contribution is -2.31. The Hall–Kier alpha value is -1.49. The minimum Gasteiger partial charge on any atom is -0.397 e. The largest absolute Gasteiger partial charge is 0.397 e. The van der Waals surface area contributed by atoms with Crippen molar-refractivity contribution in [2.45, 2.75) is 13.0 Å². The molecule has 0 aliphatic rings. The van der Waals surface area contributed by atoms with E-state index < -0.39 is 6.10 Å². The number of nitrogens with two attached hydrogens (primary N) is 1. The van der Waals surface area contributed by atoms with Gasteiger partial charge in [-0.2, -0.15) is 0 Å². The summed E-state index contributed by atoms with van der Waals surface area (Å²) in [4.78, 5) is 11.5. The molecule has 1 atom stereocenters. The molecule has 1 amide bonds. The highest BCUT2D eigenvalue weighted by Crippen LogP contribution is 2.07. The standard InChI is InChI=1S/C9H15N3O2/c1-6(13)4-11-9(14)8-3-7(10)5-12(8)2/h3,5-6,13H,4,10H2,1-2H3,(H,11,14)/t6-/m0/s1. The van der Waals surface area contributed by atoms with E-state index in [0.29, 0.717) is 11.4 Å². The van der Waals surface area contributed by atoms with Crippen LogP contribution in [0.15, 0.2) is 12.3 Å². The zero-order valence-electron chi connectivity index (χ0n) is 8.32. The highest BCUT2D eigenvalue weighted by molar-refractivity contribution is 5.93. The van der Waals surface area contributed by atoms with Crippen LogP contribution >= 0.6 is 0 Å². The maximum Gasteiger partial charge on any atom is 0.268 e. The van der Waals surface area contributed by atoms with Crippen LogP contribution in [0.4, 0.5) is 5.69 Å². The van der Waals surface area contributed by atoms with Crippen molar-refractivity contribution in [3.05, 3.63) is 18.0 Å². The fourth-order valence-electron chi connectivity index (χ4n) is 1.15. The zero-order valence-corrected chi connectivity index (χ0v) is 8.32. The molecule has 0 aromatic carbocycles. The van der Waals surface area contributed by atoms with Gasteiger partial charge in [0.1, 0.15) is 5.69 Å². The van der Waals surface area contributed by atoms with Crippen LogP contribution in [0.25, 0.3) is 0 Å². The SMILES string of the molecule is C[C@H](O)CNC(=O)c1cc(N)cn1C. The second-order valence-corrected chi connectivity index (χ2v) is 3.33. The number of nitrogens with zero attached hydrogens (tertiary/aromatic N) is 1. The molecule has 0 radical (unpaired) electrons. The van der Waals surface area contributed by atoms with Crippen LogP contribution in [-0.4, -0.2) is 28.2 Å². The summed E-state index contributed by atoms with van der Waals surface area (Å²) in [6.45, 7) is 1.85. The molecule has 1 aromatic heterocycles. The van der Waals surface area contributed by atoms with Gasteiger partial charge >= 0.3 is 0 Å². The molecule has 4 N–H and O–H groups in total. The molecule has 0 saturated carbocycles. The number of aliphatic hydroxyl groups excluding tert-OH is 1. The second kappa shape index (κ2) is 4.15. The number of hydrogen-bond acceptors (Lipinski definition) is 3. The molecule has 0 aliphatic heterocycles. The predicted octanol–water partition coefficient (Wildman–Crippen LogP) is -0.282. The average Bonchev–Trinajstić information content (AvgIpc) is 2.41. The maximum atomic E-state index is 11.5. The summed E-state index contributed by atoms with van der Waals surface area (Å²) in [6, 6.07) is 1.59. The first-order valence-electron chi connectivity index (χ1n) is 4.39. The normalized spacial score (nSPS) is 12.5. The Morgan fingerprint density at radius 1 is 1.79 bits per heavy atom. The van der Waals surface area contributed by atoms with Gasteiger partial charge in [-0.3, -0.25) is 4.79 Å². The molecule has 5 nitrogen and oxygen atoms in total. The van der Waals surface area contributed by atoms with Gasteiger partial charge in [-0.25, -0.2) is 0 Å². The van der Waals surface area contributed by atoms with Gasteiger partial charge in [0.15, 0.2) is 0 Å². The van der Waals surface area contributed by atoms with Crippen LogP contribution in [0.1, 0.15) is 17.4 Å². The van der Waals surface area contributed by atoms with E-state index in [-0.39, 0.29) is 12.5 Å². The van der Waals surface area contributed by atoms with E-state index in [0.717, 1.165) is 0 Å². The van der Waals surface area contributed by atoms with Gasteiger partial charge in [0.25, 0.3) is 5.91 Å². The Bertz CT molecular complexity index is 331. The molecule has 14 heavy (non-hydrogen) atoms. The van der Waals surface area contributed by atoms with Gasteiger partial charge in [-0.15, -0.1) is 0 Å². The molecule has 0 fully saturated rings. The predicted molar refractivity (Wildman–Crippen MR) is 53.8 cm³/mol. The molecular formula is C9H15N3O2. The van der Waals surface area contributed by atoms with Gasteiger partial charge in [-0.1, -0.05) is 0 Å². The first kappa shape index (κ1) is 10.6. The first-order chi connectivity index (χ1) is 6.50. The van der Waals surface area contributed by atoms with E-state index in [1.54, 1.807) is 30.8 Å². The number of rotatable bonds is 3. The molecule has 0 spiro atoms. The molecule has 1 rings (SSSR count). The van der Waals surface area contributed by atoms with Crippen molar-refractivity contribution in [2.75, 3.05) is 12.3 Å². The summed E-state index contributed by atoms with van der Waals surface area (Å²) in [6.07, 6.45) is 1.12. The van der Waals surface area contributed by atoms with E-state index in [9.17, 15) is 4.79 Å². The van der Waals surface area contributed by atoms with Crippen LogP contribution < -0.4 is 11.1 Å². The zero-order chi connectivity index (χ0) is 10.7. The van der Waals surface area contributed by atoms with Crippen molar-refractivity contribution in [1.82, 2.24) is 9.88 Å². The number of carbonyl (C=O) groups is 1. The summed E-state index contributed by atoms with van der Waals surface area (Å²) >= 11 is 0. The van der Waals surface area contributed by atoms with Crippen LogP contribution in [-0.2, 0) is 7.05 Å². The molecule has 0 bridgehead atoms. The third-order valence-electron chi connectivity index (χ3n) is 1.82. The molecule has 1 aromatic rings. The van der Waals surface area contributed by atoms with Crippen molar-refractivity contribution in [2.24, 2.45) is 7.05 Å². The van der Waals surface area contributed by atoms with Crippen molar-refractivity contribution in [1.29, 1.82) is 0 Å². The van der Waals surface area contributed by atoms with Crippen LogP contribution in [0.2, 0.25) is 0 Å².